The largest absolute Gasteiger partial charge is 0.478 e. The molecule has 0 aliphatic carbocycles. The second-order valence-corrected chi connectivity index (χ2v) is 31.1. The Morgan fingerprint density at radius 2 is 0.829 bits per heavy atom. The number of Topliss-reactive ketones (excluding diaryl/α,β-unsaturated/α-hetero) is 1. The summed E-state index contributed by atoms with van der Waals surface area (Å²) >= 11 is 0. The van der Waals surface area contributed by atoms with Gasteiger partial charge < -0.3 is 61.2 Å². The van der Waals surface area contributed by atoms with E-state index in [0.29, 0.717) is 57.9 Å². The summed E-state index contributed by atoms with van der Waals surface area (Å²) in [6.45, 7) is 41.9. The van der Waals surface area contributed by atoms with Gasteiger partial charge in [0.25, 0.3) is 0 Å². The molecule has 5 heterocycles. The molecule has 1 aromatic carbocycles. The smallest absolute Gasteiger partial charge is 0.339 e. The summed E-state index contributed by atoms with van der Waals surface area (Å²) in [6.07, 6.45) is 5.84. The van der Waals surface area contributed by atoms with Gasteiger partial charge in [-0.05, 0) is 217 Å². The number of carboxylic acids is 2. The number of likely N-dealkylation sites (N-methyl/N-ethyl adjacent to an activating group) is 1. The van der Waals surface area contributed by atoms with E-state index in [1.165, 1.54) is 50.4 Å². The van der Waals surface area contributed by atoms with E-state index in [2.05, 4.69) is 0 Å². The molecule has 0 bridgehead atoms. The van der Waals surface area contributed by atoms with Crippen molar-refractivity contribution < 1.29 is 75.5 Å². The molecule has 10 N–H and O–H groups in total. The zero-order chi connectivity index (χ0) is 64.6. The quantitative estimate of drug-likeness (QED) is 0.0898. The molecule has 5 saturated heterocycles. The fourth-order valence-corrected chi connectivity index (χ4v) is 14.7. The molecular formula is C61H110N6O15. The van der Waals surface area contributed by atoms with Crippen LogP contribution in [0.4, 0.5) is 0 Å². The van der Waals surface area contributed by atoms with E-state index in [1.807, 2.05) is 164 Å². The van der Waals surface area contributed by atoms with E-state index in [0.717, 1.165) is 5.57 Å². The Kier molecular flexibility index (Phi) is 23.1. The van der Waals surface area contributed by atoms with Crippen LogP contribution in [0.2, 0.25) is 0 Å². The van der Waals surface area contributed by atoms with E-state index < -0.39 is 85.1 Å². The summed E-state index contributed by atoms with van der Waals surface area (Å²) in [5.74, 6) is -2.95. The molecule has 0 unspecified atom stereocenters. The normalized spacial score (nSPS) is 26.2. The fraction of sp³-hybridized carbons (Fsp3) is 0.803. The lowest BCUT2D eigenvalue weighted by Crippen LogP contribution is -2.65. The summed E-state index contributed by atoms with van der Waals surface area (Å²) in [4.78, 5) is 47.7. The van der Waals surface area contributed by atoms with Crippen LogP contribution >= 0.6 is 0 Å². The van der Waals surface area contributed by atoms with Gasteiger partial charge in [-0.1, -0.05) is 17.7 Å². The first-order valence-corrected chi connectivity index (χ1v) is 28.5. The maximum absolute atomic E-state index is 12.4. The van der Waals surface area contributed by atoms with Crippen molar-refractivity contribution in [3.8, 4) is 0 Å². The Bertz CT molecular complexity index is 2330. The fourth-order valence-electron chi connectivity index (χ4n) is 14.7. The first kappa shape index (κ1) is 74.6. The molecule has 0 radical (unpaired) electrons. The van der Waals surface area contributed by atoms with Crippen LogP contribution in [0, 0.1) is 0 Å². The molecule has 0 aromatic heterocycles. The van der Waals surface area contributed by atoms with Gasteiger partial charge in [0.15, 0.2) is 5.78 Å². The lowest BCUT2D eigenvalue weighted by molar-refractivity contribution is -0.275. The lowest BCUT2D eigenvalue weighted by atomic mass is 9.71. The van der Waals surface area contributed by atoms with Crippen LogP contribution in [0.5, 0.6) is 0 Å². The average Bonchev–Trinajstić information content (AvgIpc) is 3.23. The molecule has 1 aromatic rings. The van der Waals surface area contributed by atoms with Crippen molar-refractivity contribution in [1.82, 2.24) is 30.2 Å². The van der Waals surface area contributed by atoms with Crippen LogP contribution in [0.15, 0.2) is 35.9 Å². The summed E-state index contributed by atoms with van der Waals surface area (Å²) in [5.41, 5.74) is -6.47. The number of benzene rings is 1. The van der Waals surface area contributed by atoms with Crippen LogP contribution in [0.3, 0.4) is 0 Å². The van der Waals surface area contributed by atoms with Crippen molar-refractivity contribution in [2.45, 2.75) is 295 Å². The van der Waals surface area contributed by atoms with Crippen molar-refractivity contribution in [2.24, 2.45) is 0 Å². The van der Waals surface area contributed by atoms with Crippen molar-refractivity contribution in [2.75, 3.05) is 20.6 Å². The molecule has 21 heteroatoms. The second-order valence-electron chi connectivity index (χ2n) is 31.1. The van der Waals surface area contributed by atoms with Crippen LogP contribution in [-0.4, -0.2) is 204 Å². The number of aliphatic carboxylic acids is 1. The SMILES string of the molecule is CC(=O)C1(O)CC(C)(C)N(O)C(C)(C)C1.CC1(C)CC(=CC(=O)O)CC(C)(C)N1O.CC1(C)CC(OC(=O)c2ccccc2C(=O)O)CC(C)(C)N1O.CC1(O)CC(C)(C)N(O)C(C)(C)C1.CN(C)CC1(O)CC(C)(C)N(O)C(C)(C)C1. The first-order chi connectivity index (χ1) is 36.3. The minimum Gasteiger partial charge on any atom is -0.478 e. The number of rotatable bonds is 7. The van der Waals surface area contributed by atoms with Crippen LogP contribution in [-0.2, 0) is 14.3 Å². The Morgan fingerprint density at radius 1 is 0.512 bits per heavy atom. The summed E-state index contributed by atoms with van der Waals surface area (Å²) in [5, 5.41) is 106. The molecule has 21 nitrogen and oxygen atoms in total. The minimum atomic E-state index is -1.31. The van der Waals surface area contributed by atoms with E-state index in [9.17, 15) is 65.6 Å². The van der Waals surface area contributed by atoms with E-state index in [1.54, 1.807) is 12.1 Å². The van der Waals surface area contributed by atoms with Crippen molar-refractivity contribution >= 4 is 23.7 Å². The third kappa shape index (κ3) is 19.2. The Balaban J connectivity index is 0.000000356. The zero-order valence-corrected chi connectivity index (χ0v) is 54.4. The van der Waals surface area contributed by atoms with Crippen molar-refractivity contribution in [3.05, 3.63) is 47.0 Å². The van der Waals surface area contributed by atoms with Gasteiger partial charge in [0.05, 0.1) is 22.3 Å². The summed E-state index contributed by atoms with van der Waals surface area (Å²) in [6, 6.07) is 6.00. The number of piperidine rings is 5. The number of ether oxygens (including phenoxy) is 1. The molecule has 0 saturated carbocycles. The summed E-state index contributed by atoms with van der Waals surface area (Å²) in [7, 11) is 3.92. The molecule has 474 valence electrons. The number of hydroxylamine groups is 10. The Morgan fingerprint density at radius 3 is 1.16 bits per heavy atom. The van der Waals surface area contributed by atoms with Crippen molar-refractivity contribution in [3.63, 3.8) is 0 Å². The summed E-state index contributed by atoms with van der Waals surface area (Å²) < 4.78 is 5.55. The zero-order valence-electron chi connectivity index (χ0n) is 54.4. The number of esters is 1. The maximum atomic E-state index is 12.4. The van der Waals surface area contributed by atoms with Gasteiger partial charge >= 0.3 is 17.9 Å². The highest BCUT2D eigenvalue weighted by Crippen LogP contribution is 2.46. The highest BCUT2D eigenvalue weighted by atomic mass is 16.6. The molecule has 0 spiro atoms. The highest BCUT2D eigenvalue weighted by molar-refractivity contribution is 6.02. The number of hydrogen-bond donors (Lipinski definition) is 10. The predicted molar refractivity (Wildman–Crippen MR) is 313 cm³/mol. The topological polar surface area (TPSA) is 299 Å². The number of carbonyl (C=O) groups excluding carboxylic acids is 2. The molecule has 5 aliphatic rings. The third-order valence-corrected chi connectivity index (χ3v) is 16.4. The molecule has 0 amide bonds. The average molecular weight is 1170 g/mol. The number of aromatic carboxylic acids is 1. The number of ketones is 1. The monoisotopic (exact) mass is 1170 g/mol. The Hall–Kier alpha value is -3.52. The molecule has 6 rings (SSSR count). The van der Waals surface area contributed by atoms with Gasteiger partial charge in [0, 0.05) is 93.7 Å². The van der Waals surface area contributed by atoms with Gasteiger partial charge in [-0.25, -0.2) is 14.4 Å². The van der Waals surface area contributed by atoms with E-state index in [-0.39, 0.29) is 40.8 Å². The maximum Gasteiger partial charge on any atom is 0.339 e. The molecule has 5 fully saturated rings. The Labute approximate surface area is 490 Å². The number of nitrogens with zero attached hydrogens (tertiary/aromatic N) is 6. The first-order valence-electron chi connectivity index (χ1n) is 28.5. The van der Waals surface area contributed by atoms with Gasteiger partial charge in [-0.2, -0.15) is 25.3 Å². The van der Waals surface area contributed by atoms with Gasteiger partial charge in [-0.3, -0.25) is 4.79 Å². The number of carboxylic acid groups (broad SMARTS) is 2. The molecule has 82 heavy (non-hydrogen) atoms. The van der Waals surface area contributed by atoms with Gasteiger partial charge in [0.2, 0.25) is 0 Å². The number of carbonyl (C=O) groups is 4. The standard InChI is InChI=1S/C17H23NO5.C12H26N2O2.C11H19NO3.C11H21NO3.C10H21NO2/c1-16(2)9-11(10-17(3,4)18(16)22)23-15(21)13-8-6-5-7-12(13)14(19)20;1-10(2)7-12(15,9-13(5)6)8-11(3,4)14(10)16;1-10(2)6-8(5-9(13)14)7-11(3,4)12(10)15;1-8(13)11(14)6-9(2,3)12(15)10(4,5)7-11;1-8(2)6-10(5,12)7-9(3,4)11(8)13/h5-8,11,22H,9-10H2,1-4H3,(H,19,20);15-16H,7-9H2,1-6H3;5,15H,6-7H2,1-4H3,(H,13,14);14-15H,6-7H2,1-5H3;12-13H,6-7H2,1-5H3. The second kappa shape index (κ2) is 25.4. The molecular weight excluding hydrogens is 1060 g/mol. The van der Waals surface area contributed by atoms with Gasteiger partial charge in [-0.15, -0.1) is 0 Å². The van der Waals surface area contributed by atoms with Crippen LogP contribution in [0.25, 0.3) is 0 Å². The van der Waals surface area contributed by atoms with Crippen molar-refractivity contribution in [1.29, 1.82) is 0 Å². The number of aliphatic hydroxyl groups is 3. The third-order valence-electron chi connectivity index (χ3n) is 16.4. The highest BCUT2D eigenvalue weighted by Gasteiger charge is 2.55. The van der Waals surface area contributed by atoms with Gasteiger partial charge in [0.1, 0.15) is 11.7 Å². The predicted octanol–water partition coefficient (Wildman–Crippen LogP) is 9.44. The van der Waals surface area contributed by atoms with E-state index in [4.69, 9.17) is 9.84 Å². The molecule has 5 aliphatic heterocycles. The minimum absolute atomic E-state index is 0.0436. The molecule has 0 atom stereocenters. The van der Waals surface area contributed by atoms with Crippen LogP contribution in [0.1, 0.15) is 237 Å². The van der Waals surface area contributed by atoms with Crippen LogP contribution < -0.4 is 0 Å². The number of hydrogen-bond acceptors (Lipinski definition) is 19. The lowest BCUT2D eigenvalue weighted by Gasteiger charge is -2.55. The van der Waals surface area contributed by atoms with E-state index >= 15 is 0 Å².